The van der Waals surface area contributed by atoms with Crippen molar-refractivity contribution in [2.75, 3.05) is 19.7 Å². The van der Waals surface area contributed by atoms with Crippen LogP contribution in [0.15, 0.2) is 84.9 Å². The molecule has 0 unspecified atom stereocenters. The van der Waals surface area contributed by atoms with E-state index in [0.29, 0.717) is 43.6 Å². The summed E-state index contributed by atoms with van der Waals surface area (Å²) in [5.41, 5.74) is 2.29. The van der Waals surface area contributed by atoms with Gasteiger partial charge in [-0.2, -0.15) is 0 Å². The second-order valence-corrected chi connectivity index (χ2v) is 9.68. The van der Waals surface area contributed by atoms with Crippen molar-refractivity contribution in [1.82, 2.24) is 15.1 Å². The maximum Gasteiger partial charge on any atom is 0.256 e. The van der Waals surface area contributed by atoms with Crippen molar-refractivity contribution in [1.29, 1.82) is 0 Å². The number of nitrogens with one attached hydrogen (secondary N) is 1. The van der Waals surface area contributed by atoms with Gasteiger partial charge in [-0.3, -0.25) is 19.3 Å². The number of aryl methyl sites for hydroxylation is 1. The summed E-state index contributed by atoms with van der Waals surface area (Å²) in [6.07, 6.45) is 0.872. The zero-order valence-corrected chi connectivity index (χ0v) is 20.9. The first kappa shape index (κ1) is 24.7. The van der Waals surface area contributed by atoms with Crippen LogP contribution in [0.3, 0.4) is 0 Å². The molecule has 3 amide bonds. The summed E-state index contributed by atoms with van der Waals surface area (Å²) in [5, 5.41) is 2.97. The van der Waals surface area contributed by atoms with Crippen LogP contribution in [0.1, 0.15) is 44.7 Å². The van der Waals surface area contributed by atoms with Gasteiger partial charge in [0.05, 0.1) is 6.61 Å². The molecular weight excluding hydrogens is 466 g/mol. The monoisotopic (exact) mass is 497 g/mol. The van der Waals surface area contributed by atoms with Crippen LogP contribution in [-0.4, -0.2) is 59.0 Å². The van der Waals surface area contributed by atoms with Gasteiger partial charge in [0.1, 0.15) is 11.8 Å². The SMILES string of the molecule is Cc1ccc(C(=O)N2CCC3(CC2)OC[C@@H](C(=O)NCc2ccccc2)N3C(=O)c2ccccc2)cc1. The molecule has 3 aromatic rings. The zero-order valence-electron chi connectivity index (χ0n) is 20.9. The lowest BCUT2D eigenvalue weighted by Crippen LogP contribution is -2.59. The normalized spacial score (nSPS) is 18.6. The van der Waals surface area contributed by atoms with Gasteiger partial charge in [-0.25, -0.2) is 0 Å². The van der Waals surface area contributed by atoms with Gasteiger partial charge in [-0.1, -0.05) is 66.2 Å². The Bertz CT molecular complexity index is 1250. The summed E-state index contributed by atoms with van der Waals surface area (Å²) >= 11 is 0. The molecule has 37 heavy (non-hydrogen) atoms. The van der Waals surface area contributed by atoms with Crippen LogP contribution in [0, 0.1) is 6.92 Å². The van der Waals surface area contributed by atoms with Gasteiger partial charge in [0, 0.05) is 43.6 Å². The fourth-order valence-electron chi connectivity index (χ4n) is 5.13. The number of hydrogen-bond acceptors (Lipinski definition) is 4. The van der Waals surface area contributed by atoms with Gasteiger partial charge >= 0.3 is 0 Å². The van der Waals surface area contributed by atoms with Crippen LogP contribution in [0.4, 0.5) is 0 Å². The first-order valence-electron chi connectivity index (χ1n) is 12.7. The number of rotatable bonds is 5. The number of likely N-dealkylation sites (tertiary alicyclic amines) is 1. The van der Waals surface area contributed by atoms with E-state index in [-0.39, 0.29) is 24.3 Å². The molecule has 1 spiro atoms. The van der Waals surface area contributed by atoms with E-state index in [9.17, 15) is 14.4 Å². The van der Waals surface area contributed by atoms with Crippen LogP contribution in [0.2, 0.25) is 0 Å². The van der Waals surface area contributed by atoms with Gasteiger partial charge in [-0.05, 0) is 36.8 Å². The maximum atomic E-state index is 13.8. The summed E-state index contributed by atoms with van der Waals surface area (Å²) in [5.74, 6) is -0.523. The minimum Gasteiger partial charge on any atom is -0.353 e. The van der Waals surface area contributed by atoms with Crippen LogP contribution in [0.25, 0.3) is 0 Å². The molecule has 0 saturated carbocycles. The van der Waals surface area contributed by atoms with E-state index in [4.69, 9.17) is 4.74 Å². The van der Waals surface area contributed by atoms with Gasteiger partial charge < -0.3 is 15.0 Å². The molecule has 0 radical (unpaired) electrons. The molecule has 5 rings (SSSR count). The number of ether oxygens (including phenoxy) is 1. The molecule has 2 aliphatic heterocycles. The molecule has 0 bridgehead atoms. The summed E-state index contributed by atoms with van der Waals surface area (Å²) in [6.45, 7) is 3.34. The Hall–Kier alpha value is -3.97. The van der Waals surface area contributed by atoms with Gasteiger partial charge in [0.2, 0.25) is 5.91 Å². The molecule has 0 aromatic heterocycles. The highest BCUT2D eigenvalue weighted by Gasteiger charge is 2.54. The smallest absolute Gasteiger partial charge is 0.256 e. The molecule has 1 N–H and O–H groups in total. The molecule has 2 fully saturated rings. The van der Waals surface area contributed by atoms with Crippen LogP contribution in [-0.2, 0) is 16.1 Å². The lowest BCUT2D eigenvalue weighted by molar-refractivity contribution is -0.128. The Balaban J connectivity index is 1.34. The zero-order chi connectivity index (χ0) is 25.8. The summed E-state index contributed by atoms with van der Waals surface area (Å²) < 4.78 is 6.28. The molecule has 1 atom stereocenters. The lowest BCUT2D eigenvalue weighted by atomic mass is 9.96. The van der Waals surface area contributed by atoms with Crippen LogP contribution in [0.5, 0.6) is 0 Å². The molecule has 190 valence electrons. The quantitative estimate of drug-likeness (QED) is 0.582. The second kappa shape index (κ2) is 10.6. The van der Waals surface area contributed by atoms with Crippen molar-refractivity contribution in [3.05, 3.63) is 107 Å². The molecule has 2 saturated heterocycles. The van der Waals surface area contributed by atoms with Crippen molar-refractivity contribution in [3.63, 3.8) is 0 Å². The van der Waals surface area contributed by atoms with E-state index < -0.39 is 11.8 Å². The molecule has 2 heterocycles. The first-order chi connectivity index (χ1) is 18.0. The average Bonchev–Trinajstić information content (AvgIpc) is 3.31. The third kappa shape index (κ3) is 5.13. The Morgan fingerprint density at radius 3 is 2.08 bits per heavy atom. The van der Waals surface area contributed by atoms with E-state index in [2.05, 4.69) is 5.32 Å². The maximum absolute atomic E-state index is 13.8. The van der Waals surface area contributed by atoms with E-state index >= 15 is 0 Å². The Morgan fingerprint density at radius 1 is 0.838 bits per heavy atom. The highest BCUT2D eigenvalue weighted by Crippen LogP contribution is 2.38. The average molecular weight is 498 g/mol. The predicted octanol–water partition coefficient (Wildman–Crippen LogP) is 3.78. The number of carbonyl (C=O) groups excluding carboxylic acids is 3. The summed E-state index contributed by atoms with van der Waals surface area (Å²) in [6, 6.07) is 25.4. The van der Waals surface area contributed by atoms with E-state index in [0.717, 1.165) is 11.1 Å². The van der Waals surface area contributed by atoms with Gasteiger partial charge in [0.25, 0.3) is 11.8 Å². The fraction of sp³-hybridized carbons (Fsp3) is 0.300. The van der Waals surface area contributed by atoms with Crippen molar-refractivity contribution in [2.24, 2.45) is 0 Å². The molecule has 2 aliphatic rings. The van der Waals surface area contributed by atoms with Crippen molar-refractivity contribution in [3.8, 4) is 0 Å². The Labute approximate surface area is 217 Å². The van der Waals surface area contributed by atoms with Gasteiger partial charge in [0.15, 0.2) is 0 Å². The predicted molar refractivity (Wildman–Crippen MR) is 140 cm³/mol. The molecule has 3 aromatic carbocycles. The fourth-order valence-corrected chi connectivity index (χ4v) is 5.13. The van der Waals surface area contributed by atoms with Crippen LogP contribution < -0.4 is 5.32 Å². The summed E-state index contributed by atoms with van der Waals surface area (Å²) in [4.78, 5) is 43.6. The topological polar surface area (TPSA) is 79.0 Å². The standard InChI is InChI=1S/C30H31N3O4/c1-22-12-14-25(15-13-22)28(35)32-18-16-30(17-19-32)33(29(36)24-10-6-3-7-11-24)26(21-37-30)27(34)31-20-23-8-4-2-5-9-23/h2-15,26H,16-21H2,1H3,(H,31,34)/t26-/m0/s1. The minimum absolute atomic E-state index is 0.0362. The lowest BCUT2D eigenvalue weighted by Gasteiger charge is -2.44. The summed E-state index contributed by atoms with van der Waals surface area (Å²) in [7, 11) is 0. The van der Waals surface area contributed by atoms with E-state index in [1.807, 2.05) is 79.7 Å². The number of carbonyl (C=O) groups is 3. The number of amides is 3. The Kier molecular flexibility index (Phi) is 7.06. The Morgan fingerprint density at radius 2 is 1.43 bits per heavy atom. The molecular formula is C30H31N3O4. The second-order valence-electron chi connectivity index (χ2n) is 9.68. The van der Waals surface area contributed by atoms with E-state index in [1.165, 1.54) is 0 Å². The number of nitrogens with zero attached hydrogens (tertiary/aromatic N) is 2. The van der Waals surface area contributed by atoms with Crippen molar-refractivity contribution >= 4 is 17.7 Å². The highest BCUT2D eigenvalue weighted by atomic mass is 16.5. The number of hydrogen-bond donors (Lipinski definition) is 1. The van der Waals surface area contributed by atoms with Gasteiger partial charge in [-0.15, -0.1) is 0 Å². The minimum atomic E-state index is -0.939. The largest absolute Gasteiger partial charge is 0.353 e. The third-order valence-corrected chi connectivity index (χ3v) is 7.24. The molecule has 7 heteroatoms. The number of piperidine rings is 1. The van der Waals surface area contributed by atoms with Crippen molar-refractivity contribution < 1.29 is 19.1 Å². The first-order valence-corrected chi connectivity index (χ1v) is 12.7. The molecule has 7 nitrogen and oxygen atoms in total. The van der Waals surface area contributed by atoms with Crippen LogP contribution >= 0.6 is 0 Å². The third-order valence-electron chi connectivity index (χ3n) is 7.24. The van der Waals surface area contributed by atoms with Crippen molar-refractivity contribution in [2.45, 2.75) is 38.1 Å². The molecule has 0 aliphatic carbocycles. The highest BCUT2D eigenvalue weighted by molar-refractivity contribution is 5.98. The van der Waals surface area contributed by atoms with E-state index in [1.54, 1.807) is 21.9 Å². The number of benzene rings is 3.